The van der Waals surface area contributed by atoms with Crippen LogP contribution in [0.25, 0.3) is 0 Å². The van der Waals surface area contributed by atoms with Crippen molar-refractivity contribution in [2.45, 2.75) is 25.4 Å². The van der Waals surface area contributed by atoms with Crippen LogP contribution in [0.2, 0.25) is 0 Å². The van der Waals surface area contributed by atoms with Crippen molar-refractivity contribution in [2.24, 2.45) is 21.9 Å². The lowest BCUT2D eigenvalue weighted by atomic mass is 10.0. The maximum Gasteiger partial charge on any atom is 0.341 e. The monoisotopic (exact) mass is 486 g/mol. The van der Waals surface area contributed by atoms with E-state index in [4.69, 9.17) is 5.73 Å². The van der Waals surface area contributed by atoms with E-state index in [1.165, 1.54) is 5.01 Å². The van der Waals surface area contributed by atoms with E-state index in [1.54, 1.807) is 46.7 Å². The second kappa shape index (κ2) is 9.61. The van der Waals surface area contributed by atoms with Gasteiger partial charge >= 0.3 is 6.03 Å². The van der Waals surface area contributed by atoms with Crippen molar-refractivity contribution in [3.8, 4) is 6.07 Å². The van der Waals surface area contributed by atoms with Gasteiger partial charge < -0.3 is 15.5 Å². The molecule has 3 aliphatic heterocycles. The van der Waals surface area contributed by atoms with Crippen LogP contribution in [0.15, 0.2) is 46.7 Å². The molecule has 0 radical (unpaired) electrons. The molecule has 1 fully saturated rings. The summed E-state index contributed by atoms with van der Waals surface area (Å²) in [7, 11) is 0. The van der Waals surface area contributed by atoms with E-state index in [0.29, 0.717) is 49.9 Å². The molecule has 0 bridgehead atoms. The number of nitriles is 1. The van der Waals surface area contributed by atoms with E-state index in [-0.39, 0.29) is 18.1 Å². The van der Waals surface area contributed by atoms with Crippen LogP contribution in [-0.2, 0) is 4.79 Å². The van der Waals surface area contributed by atoms with Crippen molar-refractivity contribution >= 4 is 36.1 Å². The molecule has 36 heavy (non-hydrogen) atoms. The van der Waals surface area contributed by atoms with Crippen molar-refractivity contribution in [1.82, 2.24) is 19.9 Å². The van der Waals surface area contributed by atoms with Crippen LogP contribution in [-0.4, -0.2) is 76.5 Å². The van der Waals surface area contributed by atoms with Crippen LogP contribution in [0, 0.1) is 17.2 Å². The molecule has 1 saturated heterocycles. The number of aromatic nitrogens is 2. The standard InChI is InChI=1S/C24H26N10O2/c1-16-19(22(26)35)15-29-33(16)21-6-7-27-23(30-21)31-9-11-32(12-10-31)24(36)34-20(5-8-28-34)18-4-2-3-17(13-18)14-25/h2-4,6-8,13,15-16,19-20H,5,9-12H2,1H3,(H2,26,35)/t16-,19?,20?/m1/s1. The molecule has 184 valence electrons. The summed E-state index contributed by atoms with van der Waals surface area (Å²) >= 11 is 0. The van der Waals surface area contributed by atoms with Gasteiger partial charge in [-0.3, -0.25) is 4.79 Å². The average molecular weight is 487 g/mol. The fraction of sp³-hybridized carbons (Fsp3) is 0.375. The number of anilines is 2. The molecule has 1 aromatic carbocycles. The summed E-state index contributed by atoms with van der Waals surface area (Å²) in [5, 5.41) is 21.0. The van der Waals surface area contributed by atoms with Gasteiger partial charge in [0.2, 0.25) is 11.9 Å². The average Bonchev–Trinajstić information content (AvgIpc) is 3.55. The van der Waals surface area contributed by atoms with Gasteiger partial charge in [0.25, 0.3) is 0 Å². The highest BCUT2D eigenvalue weighted by Gasteiger charge is 2.35. The number of hydrogen-bond acceptors (Lipinski definition) is 9. The Morgan fingerprint density at radius 2 is 1.94 bits per heavy atom. The van der Waals surface area contributed by atoms with Gasteiger partial charge in [0.05, 0.1) is 29.6 Å². The summed E-state index contributed by atoms with van der Waals surface area (Å²) in [6.45, 7) is 3.98. The molecule has 2 N–H and O–H groups in total. The molecular weight excluding hydrogens is 460 g/mol. The van der Waals surface area contributed by atoms with E-state index < -0.39 is 11.8 Å². The van der Waals surface area contributed by atoms with Crippen LogP contribution in [0.3, 0.4) is 0 Å². The van der Waals surface area contributed by atoms with Crippen LogP contribution < -0.4 is 15.6 Å². The molecule has 3 amide bonds. The molecule has 0 aliphatic carbocycles. The second-order valence-electron chi connectivity index (χ2n) is 8.88. The van der Waals surface area contributed by atoms with Crippen LogP contribution in [0.4, 0.5) is 16.6 Å². The van der Waals surface area contributed by atoms with Gasteiger partial charge in [0, 0.05) is 57.3 Å². The Balaban J connectivity index is 1.23. The first-order chi connectivity index (χ1) is 17.5. The van der Waals surface area contributed by atoms with E-state index in [2.05, 4.69) is 26.2 Å². The molecule has 0 saturated carbocycles. The first-order valence-electron chi connectivity index (χ1n) is 11.8. The Kier molecular flexibility index (Phi) is 6.20. The highest BCUT2D eigenvalue weighted by Crippen LogP contribution is 2.30. The highest BCUT2D eigenvalue weighted by atomic mass is 16.2. The van der Waals surface area contributed by atoms with E-state index >= 15 is 0 Å². The fourth-order valence-corrected chi connectivity index (χ4v) is 4.66. The lowest BCUT2D eigenvalue weighted by molar-refractivity contribution is -0.120. The number of carbonyl (C=O) groups is 2. The van der Waals surface area contributed by atoms with Crippen LogP contribution >= 0.6 is 0 Å². The largest absolute Gasteiger partial charge is 0.369 e. The first-order valence-corrected chi connectivity index (χ1v) is 11.8. The predicted molar refractivity (Wildman–Crippen MR) is 133 cm³/mol. The van der Waals surface area contributed by atoms with E-state index in [9.17, 15) is 14.9 Å². The quantitative estimate of drug-likeness (QED) is 0.685. The predicted octanol–water partition coefficient (Wildman–Crippen LogP) is 1.32. The summed E-state index contributed by atoms with van der Waals surface area (Å²) in [5.41, 5.74) is 6.90. The van der Waals surface area contributed by atoms with Crippen LogP contribution in [0.1, 0.15) is 30.5 Å². The third-order valence-electron chi connectivity index (χ3n) is 6.71. The number of nitrogens with two attached hydrogens (primary N) is 1. The number of carbonyl (C=O) groups excluding carboxylic acids is 2. The van der Waals surface area contributed by atoms with E-state index in [1.807, 2.05) is 24.0 Å². The number of amides is 3. The second-order valence-corrected chi connectivity index (χ2v) is 8.88. The van der Waals surface area contributed by atoms with Crippen molar-refractivity contribution in [3.63, 3.8) is 0 Å². The lowest BCUT2D eigenvalue weighted by Crippen LogP contribution is -2.52. The van der Waals surface area contributed by atoms with Gasteiger partial charge in [-0.15, -0.1) is 0 Å². The summed E-state index contributed by atoms with van der Waals surface area (Å²) in [4.78, 5) is 37.8. The molecule has 4 heterocycles. The molecule has 12 nitrogen and oxygen atoms in total. The molecule has 1 aromatic heterocycles. The minimum absolute atomic E-state index is 0.164. The highest BCUT2D eigenvalue weighted by molar-refractivity contribution is 5.95. The smallest absolute Gasteiger partial charge is 0.341 e. The summed E-state index contributed by atoms with van der Waals surface area (Å²) in [6.07, 6.45) is 5.55. The Morgan fingerprint density at radius 1 is 1.14 bits per heavy atom. The first kappa shape index (κ1) is 23.2. The third kappa shape index (κ3) is 4.31. The number of urea groups is 1. The van der Waals surface area contributed by atoms with Gasteiger partial charge in [-0.25, -0.2) is 19.8 Å². The molecule has 3 aliphatic rings. The maximum absolute atomic E-state index is 13.3. The molecule has 2 unspecified atom stereocenters. The van der Waals surface area contributed by atoms with Crippen molar-refractivity contribution in [2.75, 3.05) is 36.1 Å². The molecule has 3 atom stereocenters. The normalized spacial score (nSPS) is 23.3. The number of piperazine rings is 1. The topological polar surface area (TPSA) is 147 Å². The summed E-state index contributed by atoms with van der Waals surface area (Å²) in [5.74, 6) is 0.221. The minimum Gasteiger partial charge on any atom is -0.369 e. The number of nitrogens with zero attached hydrogens (tertiary/aromatic N) is 9. The van der Waals surface area contributed by atoms with E-state index in [0.717, 1.165) is 5.56 Å². The Labute approximate surface area is 208 Å². The number of hydrazone groups is 2. The van der Waals surface area contributed by atoms with Gasteiger partial charge in [-0.1, -0.05) is 12.1 Å². The zero-order valence-electron chi connectivity index (χ0n) is 19.8. The lowest BCUT2D eigenvalue weighted by Gasteiger charge is -2.37. The SMILES string of the molecule is C[C@@H]1C(C(N)=O)C=NN1c1ccnc(N2CCN(C(=O)N3N=CCC3c3cccc(C#N)c3)CC2)n1. The van der Waals surface area contributed by atoms with Crippen LogP contribution in [0.5, 0.6) is 0 Å². The molecular formula is C24H26N10O2. The number of rotatable bonds is 4. The fourth-order valence-electron chi connectivity index (χ4n) is 4.66. The number of hydrogen-bond donors (Lipinski definition) is 1. The molecule has 5 rings (SSSR count). The number of primary amides is 1. The van der Waals surface area contributed by atoms with Gasteiger partial charge in [0.15, 0.2) is 5.82 Å². The zero-order valence-corrected chi connectivity index (χ0v) is 19.8. The summed E-state index contributed by atoms with van der Waals surface area (Å²) in [6, 6.07) is 10.6. The van der Waals surface area contributed by atoms with Gasteiger partial charge in [-0.05, 0) is 24.6 Å². The molecule has 0 spiro atoms. The van der Waals surface area contributed by atoms with Crippen molar-refractivity contribution in [3.05, 3.63) is 47.7 Å². The molecule has 2 aromatic rings. The third-order valence-corrected chi connectivity index (χ3v) is 6.71. The maximum atomic E-state index is 13.3. The number of benzene rings is 1. The van der Waals surface area contributed by atoms with Crippen molar-refractivity contribution in [1.29, 1.82) is 5.26 Å². The van der Waals surface area contributed by atoms with Gasteiger partial charge in [-0.2, -0.15) is 20.4 Å². The van der Waals surface area contributed by atoms with Gasteiger partial charge in [0.1, 0.15) is 0 Å². The zero-order chi connectivity index (χ0) is 25.2. The van der Waals surface area contributed by atoms with Crippen molar-refractivity contribution < 1.29 is 9.59 Å². The molecule has 12 heteroatoms. The Bertz CT molecular complexity index is 1260. The Morgan fingerprint density at radius 3 is 2.67 bits per heavy atom. The summed E-state index contributed by atoms with van der Waals surface area (Å²) < 4.78 is 0. The minimum atomic E-state index is -0.475. The Hall–Kier alpha value is -4.53.